The molecule has 0 spiro atoms. The van der Waals surface area contributed by atoms with Gasteiger partial charge in [-0.2, -0.15) is 0 Å². The lowest BCUT2D eigenvalue weighted by Gasteiger charge is -2.08. The Labute approximate surface area is 86.1 Å². The minimum atomic E-state index is 0.240. The highest BCUT2D eigenvalue weighted by atomic mass is 16.1. The first-order valence-electron chi connectivity index (χ1n) is 5.27. The molecule has 0 aliphatic heterocycles. The van der Waals surface area contributed by atoms with Crippen LogP contribution in [-0.2, 0) is 24.1 Å². The number of carbonyl (C=O) groups excluding carboxylic acids is 1. The normalized spacial score (nSPS) is 10.2. The van der Waals surface area contributed by atoms with E-state index in [2.05, 4.69) is 32.0 Å². The van der Waals surface area contributed by atoms with Crippen LogP contribution in [-0.4, -0.2) is 5.78 Å². The van der Waals surface area contributed by atoms with Crippen LogP contribution in [0.25, 0.3) is 0 Å². The van der Waals surface area contributed by atoms with Gasteiger partial charge in [-0.25, -0.2) is 0 Å². The first-order chi connectivity index (χ1) is 6.67. The number of carbonyl (C=O) groups is 1. The number of hydrogen-bond acceptors (Lipinski definition) is 1. The summed E-state index contributed by atoms with van der Waals surface area (Å²) in [7, 11) is 0. The highest BCUT2D eigenvalue weighted by Gasteiger charge is 2.04. The van der Waals surface area contributed by atoms with Crippen molar-refractivity contribution in [2.24, 2.45) is 0 Å². The first-order valence-corrected chi connectivity index (χ1v) is 5.27. The van der Waals surface area contributed by atoms with Crippen LogP contribution in [0.1, 0.15) is 37.5 Å². The number of rotatable bonds is 4. The minimum Gasteiger partial charge on any atom is -0.300 e. The molecule has 0 unspecified atom stereocenters. The first kappa shape index (κ1) is 11.0. The molecule has 76 valence electrons. The largest absolute Gasteiger partial charge is 0.300 e. The molecule has 0 saturated carbocycles. The SMILES string of the molecule is CCc1ccc(CC(C)=O)c(CC)c1. The summed E-state index contributed by atoms with van der Waals surface area (Å²) in [5, 5.41) is 0. The van der Waals surface area contributed by atoms with Crippen LogP contribution in [0.15, 0.2) is 18.2 Å². The van der Waals surface area contributed by atoms with E-state index in [0.717, 1.165) is 12.8 Å². The predicted octanol–water partition coefficient (Wildman–Crippen LogP) is 2.94. The molecule has 1 rings (SSSR count). The molecule has 0 saturated heterocycles. The van der Waals surface area contributed by atoms with E-state index < -0.39 is 0 Å². The van der Waals surface area contributed by atoms with Crippen LogP contribution in [0.5, 0.6) is 0 Å². The van der Waals surface area contributed by atoms with Gasteiger partial charge < -0.3 is 0 Å². The molecule has 0 atom stereocenters. The predicted molar refractivity (Wildman–Crippen MR) is 59.6 cm³/mol. The molecule has 0 N–H and O–H groups in total. The number of aryl methyl sites for hydroxylation is 2. The van der Waals surface area contributed by atoms with E-state index >= 15 is 0 Å². The number of benzene rings is 1. The lowest BCUT2D eigenvalue weighted by atomic mass is 9.97. The maximum Gasteiger partial charge on any atom is 0.134 e. The van der Waals surface area contributed by atoms with Crippen LogP contribution in [0.2, 0.25) is 0 Å². The lowest BCUT2D eigenvalue weighted by Crippen LogP contribution is -2.01. The Hall–Kier alpha value is -1.11. The fraction of sp³-hybridized carbons (Fsp3) is 0.462. The molecule has 0 aliphatic rings. The second kappa shape index (κ2) is 4.94. The summed E-state index contributed by atoms with van der Waals surface area (Å²) in [6.45, 7) is 5.94. The third kappa shape index (κ3) is 2.69. The third-order valence-corrected chi connectivity index (χ3v) is 2.50. The van der Waals surface area contributed by atoms with E-state index in [9.17, 15) is 4.79 Å². The molecular formula is C13H18O. The molecule has 0 aliphatic carbocycles. The van der Waals surface area contributed by atoms with Gasteiger partial charge in [-0.1, -0.05) is 32.0 Å². The zero-order chi connectivity index (χ0) is 10.6. The van der Waals surface area contributed by atoms with E-state index in [4.69, 9.17) is 0 Å². The van der Waals surface area contributed by atoms with Crippen molar-refractivity contribution < 1.29 is 4.79 Å². The zero-order valence-corrected chi connectivity index (χ0v) is 9.26. The van der Waals surface area contributed by atoms with Gasteiger partial charge in [0.25, 0.3) is 0 Å². The van der Waals surface area contributed by atoms with E-state index in [1.165, 1.54) is 16.7 Å². The van der Waals surface area contributed by atoms with Crippen molar-refractivity contribution in [3.63, 3.8) is 0 Å². The summed E-state index contributed by atoms with van der Waals surface area (Å²) in [4.78, 5) is 11.0. The lowest BCUT2D eigenvalue weighted by molar-refractivity contribution is -0.116. The quantitative estimate of drug-likeness (QED) is 0.713. The van der Waals surface area contributed by atoms with Gasteiger partial charge in [0.1, 0.15) is 5.78 Å². The summed E-state index contributed by atoms with van der Waals surface area (Å²) < 4.78 is 0. The van der Waals surface area contributed by atoms with Crippen molar-refractivity contribution >= 4 is 5.78 Å². The Morgan fingerprint density at radius 2 is 1.86 bits per heavy atom. The average molecular weight is 190 g/mol. The molecule has 1 aromatic carbocycles. The maximum atomic E-state index is 11.0. The monoisotopic (exact) mass is 190 g/mol. The van der Waals surface area contributed by atoms with Crippen molar-refractivity contribution in [3.05, 3.63) is 34.9 Å². The Morgan fingerprint density at radius 1 is 1.14 bits per heavy atom. The molecule has 0 amide bonds. The minimum absolute atomic E-state index is 0.240. The second-order valence-electron chi connectivity index (χ2n) is 3.69. The van der Waals surface area contributed by atoms with Gasteiger partial charge in [0.15, 0.2) is 0 Å². The van der Waals surface area contributed by atoms with Crippen molar-refractivity contribution in [1.82, 2.24) is 0 Å². The Kier molecular flexibility index (Phi) is 3.87. The van der Waals surface area contributed by atoms with E-state index in [-0.39, 0.29) is 5.78 Å². The second-order valence-corrected chi connectivity index (χ2v) is 3.69. The summed E-state index contributed by atoms with van der Waals surface area (Å²) in [6.07, 6.45) is 2.65. The number of ketones is 1. The van der Waals surface area contributed by atoms with Gasteiger partial charge in [0, 0.05) is 6.42 Å². The van der Waals surface area contributed by atoms with Crippen molar-refractivity contribution in [3.8, 4) is 0 Å². The molecule has 0 heterocycles. The maximum absolute atomic E-state index is 11.0. The summed E-state index contributed by atoms with van der Waals surface area (Å²) in [5.41, 5.74) is 3.87. The molecule has 1 nitrogen and oxygen atoms in total. The van der Waals surface area contributed by atoms with Crippen LogP contribution in [0, 0.1) is 0 Å². The van der Waals surface area contributed by atoms with Gasteiger partial charge in [0.2, 0.25) is 0 Å². The molecule has 0 bridgehead atoms. The smallest absolute Gasteiger partial charge is 0.134 e. The van der Waals surface area contributed by atoms with Crippen LogP contribution in [0.3, 0.4) is 0 Å². The van der Waals surface area contributed by atoms with Crippen molar-refractivity contribution in [1.29, 1.82) is 0 Å². The fourth-order valence-electron chi connectivity index (χ4n) is 1.67. The van der Waals surface area contributed by atoms with Crippen LogP contribution >= 0.6 is 0 Å². The van der Waals surface area contributed by atoms with Gasteiger partial charge in [-0.05, 0) is 36.5 Å². The molecule has 0 fully saturated rings. The molecule has 0 radical (unpaired) electrons. The summed E-state index contributed by atoms with van der Waals surface area (Å²) >= 11 is 0. The molecule has 14 heavy (non-hydrogen) atoms. The van der Waals surface area contributed by atoms with Gasteiger partial charge >= 0.3 is 0 Å². The Morgan fingerprint density at radius 3 is 2.36 bits per heavy atom. The number of hydrogen-bond donors (Lipinski definition) is 0. The Bertz CT molecular complexity index is 326. The Balaban J connectivity index is 2.98. The molecule has 1 heteroatoms. The van der Waals surface area contributed by atoms with Gasteiger partial charge in [-0.15, -0.1) is 0 Å². The standard InChI is InChI=1S/C13H18O/c1-4-11-6-7-13(8-10(3)14)12(5-2)9-11/h6-7,9H,4-5,8H2,1-3H3. The van der Waals surface area contributed by atoms with Crippen LogP contribution in [0.4, 0.5) is 0 Å². The summed E-state index contributed by atoms with van der Waals surface area (Å²) in [5.74, 6) is 0.240. The summed E-state index contributed by atoms with van der Waals surface area (Å²) in [6, 6.07) is 6.44. The molecule has 1 aromatic rings. The van der Waals surface area contributed by atoms with E-state index in [1.54, 1.807) is 6.92 Å². The molecule has 0 aromatic heterocycles. The van der Waals surface area contributed by atoms with Crippen LogP contribution < -0.4 is 0 Å². The fourth-order valence-corrected chi connectivity index (χ4v) is 1.67. The highest BCUT2D eigenvalue weighted by Crippen LogP contribution is 2.14. The number of Topliss-reactive ketones (excluding diaryl/α,β-unsaturated/α-hetero) is 1. The average Bonchev–Trinajstić information content (AvgIpc) is 2.17. The highest BCUT2D eigenvalue weighted by molar-refractivity contribution is 5.78. The van der Waals surface area contributed by atoms with E-state index in [1.807, 2.05) is 0 Å². The van der Waals surface area contributed by atoms with E-state index in [0.29, 0.717) is 6.42 Å². The van der Waals surface area contributed by atoms with Crippen molar-refractivity contribution in [2.75, 3.05) is 0 Å². The molecular weight excluding hydrogens is 172 g/mol. The third-order valence-electron chi connectivity index (χ3n) is 2.50. The zero-order valence-electron chi connectivity index (χ0n) is 9.26. The topological polar surface area (TPSA) is 17.1 Å². The van der Waals surface area contributed by atoms with Gasteiger partial charge in [-0.3, -0.25) is 4.79 Å². The van der Waals surface area contributed by atoms with Gasteiger partial charge in [0.05, 0.1) is 0 Å². The van der Waals surface area contributed by atoms with Crippen molar-refractivity contribution in [2.45, 2.75) is 40.0 Å².